The van der Waals surface area contributed by atoms with Crippen LogP contribution < -0.4 is 8.79 Å². The number of aryl methyl sites for hydroxylation is 2. The van der Waals surface area contributed by atoms with Crippen LogP contribution in [-0.2, 0) is 20.1 Å². The van der Waals surface area contributed by atoms with E-state index in [0.29, 0.717) is 11.3 Å². The molecule has 4 aromatic heterocycles. The van der Waals surface area contributed by atoms with E-state index in [9.17, 15) is 0 Å². The molecule has 9 aromatic rings. The summed E-state index contributed by atoms with van der Waals surface area (Å²) in [5, 5.41) is 4.07. The Morgan fingerprint density at radius 3 is 1.96 bits per heavy atom. The Morgan fingerprint density at radius 1 is 0.611 bits per heavy atom. The molecule has 5 aromatic carbocycles. The predicted molar refractivity (Wildman–Crippen MR) is 233 cm³/mol. The van der Waals surface area contributed by atoms with Crippen LogP contribution in [0.5, 0.6) is 0 Å². The SMILES string of the molecule is [2H]c1c[c]([Ge]([CH3])([CH3])[CH3])cc(C([2H])([2H])[2H])c1-c1cc(-c2[c-]c3c4ccccc4n4c5ccccc5c(c2)c34)ncc1C([2H])([2H])[2H].[CH3][Ge]([CH3])([CH3])[c]1ccc(-c2[c-]cccc2)nc1.[Ir]. The van der Waals surface area contributed by atoms with Crippen LogP contribution in [-0.4, -0.2) is 40.9 Å². The monoisotopic (exact) mass is 1010 g/mol. The van der Waals surface area contributed by atoms with E-state index in [2.05, 4.69) is 97.4 Å². The first-order valence-corrected chi connectivity index (χ1v) is 32.6. The molecule has 4 heterocycles. The molecule has 0 fully saturated rings. The number of nitrogens with zero attached hydrogens (tertiary/aromatic N) is 3. The Kier molecular flexibility index (Phi) is 8.32. The summed E-state index contributed by atoms with van der Waals surface area (Å²) in [4.78, 5) is 9.14. The zero-order valence-electron chi connectivity index (χ0n) is 38.2. The zero-order chi connectivity index (χ0) is 42.9. The van der Waals surface area contributed by atoms with Gasteiger partial charge in [0.05, 0.1) is 0 Å². The Bertz CT molecular complexity index is 2960. The molecule has 9 rings (SSSR count). The van der Waals surface area contributed by atoms with Gasteiger partial charge in [-0.05, 0) is 12.1 Å². The first-order chi connectivity index (χ1) is 28.2. The third-order valence-electron chi connectivity index (χ3n) is 9.98. The van der Waals surface area contributed by atoms with Gasteiger partial charge in [0.25, 0.3) is 0 Å². The molecule has 54 heavy (non-hydrogen) atoms. The molecular weight excluding hydrogens is 956 g/mol. The van der Waals surface area contributed by atoms with Crippen molar-refractivity contribution >= 4 is 73.4 Å². The van der Waals surface area contributed by atoms with Crippen LogP contribution in [0.4, 0.5) is 0 Å². The summed E-state index contributed by atoms with van der Waals surface area (Å²) < 4.78 is 63.7. The quantitative estimate of drug-likeness (QED) is 0.127. The second-order valence-electron chi connectivity index (χ2n) is 15.7. The number of aromatic nitrogens is 3. The fourth-order valence-electron chi connectivity index (χ4n) is 7.01. The van der Waals surface area contributed by atoms with Crippen molar-refractivity contribution < 1.29 is 29.7 Å². The van der Waals surface area contributed by atoms with Crippen molar-refractivity contribution in [3.05, 3.63) is 151 Å². The molecule has 6 heteroatoms. The Balaban J connectivity index is 0.000000278. The maximum absolute atomic E-state index is 9.02. The largest absolute Gasteiger partial charge is 0 e. The summed E-state index contributed by atoms with van der Waals surface area (Å²) in [6, 6.07) is 42.5. The van der Waals surface area contributed by atoms with Crippen LogP contribution in [0.2, 0.25) is 34.5 Å². The molecule has 0 aliphatic rings. The second-order valence-corrected chi connectivity index (χ2v) is 37.0. The van der Waals surface area contributed by atoms with E-state index >= 15 is 0 Å². The van der Waals surface area contributed by atoms with Crippen molar-refractivity contribution in [2.45, 2.75) is 48.2 Å². The van der Waals surface area contributed by atoms with Crippen LogP contribution >= 0.6 is 0 Å². The fraction of sp³-hybridized carbons (Fsp3) is 0.167. The summed E-state index contributed by atoms with van der Waals surface area (Å²) in [5.41, 5.74) is 6.61. The molecule has 271 valence electrons. The van der Waals surface area contributed by atoms with Crippen molar-refractivity contribution in [1.82, 2.24) is 14.4 Å². The van der Waals surface area contributed by atoms with Gasteiger partial charge in [-0.15, -0.1) is 0 Å². The molecule has 0 N–H and O–H groups in total. The topological polar surface area (TPSA) is 30.2 Å². The average molecular weight is 1010 g/mol. The van der Waals surface area contributed by atoms with Gasteiger partial charge >= 0.3 is 294 Å². The van der Waals surface area contributed by atoms with Gasteiger partial charge in [0.15, 0.2) is 0 Å². The Labute approximate surface area is 348 Å². The van der Waals surface area contributed by atoms with Gasteiger partial charge in [0, 0.05) is 20.1 Å². The number of fused-ring (bicyclic) bond motifs is 6. The van der Waals surface area contributed by atoms with E-state index in [-0.39, 0.29) is 48.4 Å². The van der Waals surface area contributed by atoms with Crippen molar-refractivity contribution in [3.63, 3.8) is 0 Å². The molecule has 0 bridgehead atoms. The minimum absolute atomic E-state index is 0. The van der Waals surface area contributed by atoms with Gasteiger partial charge in [0.1, 0.15) is 0 Å². The summed E-state index contributed by atoms with van der Waals surface area (Å²) >= 11 is -4.26. The molecule has 3 nitrogen and oxygen atoms in total. The van der Waals surface area contributed by atoms with Gasteiger partial charge in [-0.3, -0.25) is 0 Å². The van der Waals surface area contributed by atoms with Gasteiger partial charge < -0.3 is 0 Å². The number of para-hydroxylation sites is 2. The van der Waals surface area contributed by atoms with Crippen LogP contribution in [0.25, 0.3) is 71.7 Å². The van der Waals surface area contributed by atoms with E-state index in [1.54, 1.807) is 18.2 Å². The van der Waals surface area contributed by atoms with Gasteiger partial charge in [0.2, 0.25) is 0 Å². The third-order valence-corrected chi connectivity index (χ3v) is 18.5. The van der Waals surface area contributed by atoms with E-state index in [0.717, 1.165) is 53.7 Å². The molecule has 0 spiro atoms. The van der Waals surface area contributed by atoms with Crippen molar-refractivity contribution in [1.29, 1.82) is 0 Å². The summed E-state index contributed by atoms with van der Waals surface area (Å²) in [6.07, 6.45) is 3.35. The number of pyridine rings is 2. The molecule has 0 aliphatic heterocycles. The smallest absolute Gasteiger partial charge is 0 e. The zero-order valence-corrected chi connectivity index (χ0v) is 37.8. The Hall–Kier alpha value is -4.06. The van der Waals surface area contributed by atoms with Crippen LogP contribution in [0.3, 0.4) is 0 Å². The molecular formula is C48H45Ge2IrN3-2. The summed E-state index contributed by atoms with van der Waals surface area (Å²) in [7, 11) is 0. The molecule has 0 amide bonds. The second kappa shape index (κ2) is 14.9. The van der Waals surface area contributed by atoms with Gasteiger partial charge in [-0.25, -0.2) is 0 Å². The van der Waals surface area contributed by atoms with Gasteiger partial charge in [-0.2, -0.15) is 0 Å². The molecule has 1 radical (unpaired) electrons. The number of hydrogen-bond donors (Lipinski definition) is 0. The van der Waals surface area contributed by atoms with Crippen LogP contribution in [0.1, 0.15) is 20.7 Å². The minimum atomic E-state index is -2.58. The normalized spacial score (nSPS) is 14.3. The van der Waals surface area contributed by atoms with Crippen molar-refractivity contribution in [3.8, 4) is 33.6 Å². The predicted octanol–water partition coefficient (Wildman–Crippen LogP) is 11.6. The summed E-state index contributed by atoms with van der Waals surface area (Å²) in [5.74, 6) is 13.6. The van der Waals surface area contributed by atoms with E-state index in [1.807, 2.05) is 60.8 Å². The first-order valence-electron chi connectivity index (χ1n) is 21.4. The fourth-order valence-corrected chi connectivity index (χ4v) is 11.4. The van der Waals surface area contributed by atoms with E-state index < -0.39 is 40.2 Å². The van der Waals surface area contributed by atoms with Gasteiger partial charge in [-0.1, -0.05) is 24.3 Å². The molecule has 0 aliphatic carbocycles. The average Bonchev–Trinajstić information content (AvgIpc) is 3.71. The molecule has 0 saturated carbocycles. The van der Waals surface area contributed by atoms with Crippen molar-refractivity contribution in [2.24, 2.45) is 0 Å². The molecule has 0 atom stereocenters. The Morgan fingerprint density at radius 2 is 1.30 bits per heavy atom. The maximum Gasteiger partial charge on any atom is 0 e. The minimum Gasteiger partial charge on any atom is 0 e. The third kappa shape index (κ3) is 7.10. The number of rotatable bonds is 5. The van der Waals surface area contributed by atoms with Crippen molar-refractivity contribution in [2.75, 3.05) is 0 Å². The van der Waals surface area contributed by atoms with Crippen LogP contribution in [0, 0.1) is 25.8 Å². The molecule has 0 unspecified atom stereocenters. The summed E-state index contributed by atoms with van der Waals surface area (Å²) in [6.45, 7) is -5.12. The molecule has 0 saturated heterocycles. The number of benzene rings is 5. The standard InChI is InChI=1S/C34H29GeN2.C14H16GeN.Ir/c1-21-16-24(35(3,4)5)14-15-25(21)28-19-31(36-20-22(28)2)23-17-29-26-10-6-8-12-32(26)37-33-13-9-7-11-27(33)30(18-23)34(29)37;1-15(2,3)13-9-10-14(16-11-13)12-7-5-4-6-8-12;/h6-17,19-20H,1-5H3;4-7,9-11H,1-3H3;/q2*-1;/i1D3,2D3,15D;;. The van der Waals surface area contributed by atoms with E-state index in [1.165, 1.54) is 10.6 Å². The van der Waals surface area contributed by atoms with E-state index in [4.69, 9.17) is 9.60 Å². The van der Waals surface area contributed by atoms with Crippen LogP contribution in [0.15, 0.2) is 128 Å². The maximum atomic E-state index is 9.02. The first kappa shape index (κ1) is 30.2. The number of hydrogen-bond acceptors (Lipinski definition) is 2.